The van der Waals surface area contributed by atoms with E-state index < -0.39 is 5.82 Å². The van der Waals surface area contributed by atoms with Crippen molar-refractivity contribution in [2.45, 2.75) is 39.7 Å². The second kappa shape index (κ2) is 8.65. The van der Waals surface area contributed by atoms with E-state index in [-0.39, 0.29) is 30.2 Å². The number of carbonyl (C=O) groups excluding carboxylic acids is 1. The standard InChI is InChI=1S/C21H26FNO2/c1-14(2)16-9-11-17(12-10-16)21(15(3)4)23-20(24)13-25-19-8-6-5-7-18(19)22/h5-12,14-15,21H,13H2,1-4H3,(H,23,24)/t21-/m0/s1. The first-order valence-electron chi connectivity index (χ1n) is 8.65. The number of halogens is 1. The molecule has 0 bridgehead atoms. The summed E-state index contributed by atoms with van der Waals surface area (Å²) in [7, 11) is 0. The number of ether oxygens (including phenoxy) is 1. The maximum Gasteiger partial charge on any atom is 0.258 e. The third-order valence-electron chi connectivity index (χ3n) is 4.14. The first kappa shape index (κ1) is 19.0. The second-order valence-electron chi connectivity index (χ2n) is 6.83. The zero-order chi connectivity index (χ0) is 18.4. The van der Waals surface area contributed by atoms with Gasteiger partial charge in [0, 0.05) is 0 Å². The van der Waals surface area contributed by atoms with Crippen molar-refractivity contribution in [3.05, 3.63) is 65.5 Å². The average molecular weight is 343 g/mol. The van der Waals surface area contributed by atoms with Crippen LogP contribution in [0.3, 0.4) is 0 Å². The summed E-state index contributed by atoms with van der Waals surface area (Å²) in [5.74, 6) is 0.0347. The molecule has 0 aliphatic rings. The summed E-state index contributed by atoms with van der Waals surface area (Å²) in [4.78, 5) is 12.2. The van der Waals surface area contributed by atoms with Crippen LogP contribution in [0.15, 0.2) is 48.5 Å². The van der Waals surface area contributed by atoms with Crippen molar-refractivity contribution in [3.8, 4) is 5.75 Å². The lowest BCUT2D eigenvalue weighted by Gasteiger charge is -2.23. The van der Waals surface area contributed by atoms with Crippen LogP contribution in [-0.2, 0) is 4.79 Å². The van der Waals surface area contributed by atoms with Gasteiger partial charge in [0.05, 0.1) is 6.04 Å². The lowest BCUT2D eigenvalue weighted by atomic mass is 9.93. The molecule has 0 fully saturated rings. The Hall–Kier alpha value is -2.36. The molecule has 0 unspecified atom stereocenters. The Kier molecular flexibility index (Phi) is 6.57. The zero-order valence-electron chi connectivity index (χ0n) is 15.3. The minimum absolute atomic E-state index is 0.0834. The van der Waals surface area contributed by atoms with Crippen LogP contribution in [-0.4, -0.2) is 12.5 Å². The van der Waals surface area contributed by atoms with Gasteiger partial charge in [0.25, 0.3) is 5.91 Å². The predicted molar refractivity (Wildman–Crippen MR) is 98.1 cm³/mol. The monoisotopic (exact) mass is 343 g/mol. The van der Waals surface area contributed by atoms with Gasteiger partial charge >= 0.3 is 0 Å². The molecule has 1 N–H and O–H groups in total. The molecular formula is C21H26FNO2. The summed E-state index contributed by atoms with van der Waals surface area (Å²) in [6.07, 6.45) is 0. The van der Waals surface area contributed by atoms with Crippen LogP contribution in [0.4, 0.5) is 4.39 Å². The fraction of sp³-hybridized carbons (Fsp3) is 0.381. The van der Waals surface area contributed by atoms with Gasteiger partial charge in [-0.3, -0.25) is 4.79 Å². The highest BCUT2D eigenvalue weighted by Gasteiger charge is 2.19. The van der Waals surface area contributed by atoms with E-state index in [0.717, 1.165) is 5.56 Å². The number of benzene rings is 2. The van der Waals surface area contributed by atoms with E-state index in [2.05, 4.69) is 57.3 Å². The van der Waals surface area contributed by atoms with Crippen LogP contribution in [0.25, 0.3) is 0 Å². The van der Waals surface area contributed by atoms with Gasteiger partial charge in [0.2, 0.25) is 0 Å². The van der Waals surface area contributed by atoms with Gasteiger partial charge in [0.1, 0.15) is 0 Å². The lowest BCUT2D eigenvalue weighted by molar-refractivity contribution is -0.124. The van der Waals surface area contributed by atoms with Gasteiger partial charge in [0.15, 0.2) is 18.2 Å². The SMILES string of the molecule is CC(C)c1ccc([C@@H](NC(=O)COc2ccccc2F)C(C)C)cc1. The summed E-state index contributed by atoms with van der Waals surface area (Å²) in [5, 5.41) is 2.98. The van der Waals surface area contributed by atoms with Crippen LogP contribution in [0, 0.1) is 11.7 Å². The minimum atomic E-state index is -0.472. The zero-order valence-corrected chi connectivity index (χ0v) is 15.3. The van der Waals surface area contributed by atoms with Gasteiger partial charge in [-0.15, -0.1) is 0 Å². The van der Waals surface area contributed by atoms with E-state index in [9.17, 15) is 9.18 Å². The largest absolute Gasteiger partial charge is 0.481 e. The van der Waals surface area contributed by atoms with Crippen molar-refractivity contribution in [2.24, 2.45) is 5.92 Å². The van der Waals surface area contributed by atoms with E-state index in [0.29, 0.717) is 5.92 Å². The Bertz CT molecular complexity index is 695. The van der Waals surface area contributed by atoms with Gasteiger partial charge in [-0.05, 0) is 35.1 Å². The van der Waals surface area contributed by atoms with Crippen LogP contribution in [0.1, 0.15) is 50.8 Å². The topological polar surface area (TPSA) is 38.3 Å². The van der Waals surface area contributed by atoms with Gasteiger partial charge in [-0.25, -0.2) is 4.39 Å². The average Bonchev–Trinajstić information content (AvgIpc) is 2.59. The highest BCUT2D eigenvalue weighted by Crippen LogP contribution is 2.24. The molecule has 2 rings (SSSR count). The van der Waals surface area contributed by atoms with Gasteiger partial charge in [-0.1, -0.05) is 64.1 Å². The number of nitrogens with one attached hydrogen (secondary N) is 1. The first-order chi connectivity index (χ1) is 11.9. The quantitative estimate of drug-likeness (QED) is 0.781. The molecule has 0 radical (unpaired) electrons. The Morgan fingerprint density at radius 3 is 2.16 bits per heavy atom. The van der Waals surface area contributed by atoms with Crippen molar-refractivity contribution in [1.82, 2.24) is 5.32 Å². The Morgan fingerprint density at radius 2 is 1.60 bits per heavy atom. The molecule has 0 saturated carbocycles. The number of amides is 1. The van der Waals surface area contributed by atoms with Gasteiger partial charge < -0.3 is 10.1 Å². The summed E-state index contributed by atoms with van der Waals surface area (Å²) in [6, 6.07) is 14.2. The Balaban J connectivity index is 2.01. The summed E-state index contributed by atoms with van der Waals surface area (Å²) >= 11 is 0. The van der Waals surface area contributed by atoms with E-state index >= 15 is 0 Å². The fourth-order valence-corrected chi connectivity index (χ4v) is 2.64. The summed E-state index contributed by atoms with van der Waals surface area (Å²) in [6.45, 7) is 8.19. The van der Waals surface area contributed by atoms with E-state index in [1.54, 1.807) is 12.1 Å². The van der Waals surface area contributed by atoms with Crippen LogP contribution in [0.2, 0.25) is 0 Å². The third kappa shape index (κ3) is 5.31. The third-order valence-corrected chi connectivity index (χ3v) is 4.14. The molecule has 3 nitrogen and oxygen atoms in total. The van der Waals surface area contributed by atoms with E-state index in [1.165, 1.54) is 17.7 Å². The molecule has 25 heavy (non-hydrogen) atoms. The maximum absolute atomic E-state index is 13.5. The number of para-hydroxylation sites is 1. The molecule has 134 valence electrons. The second-order valence-corrected chi connectivity index (χ2v) is 6.83. The number of rotatable bonds is 7. The molecule has 1 amide bonds. The number of hydrogen-bond acceptors (Lipinski definition) is 2. The van der Waals surface area contributed by atoms with Crippen LogP contribution < -0.4 is 10.1 Å². The lowest BCUT2D eigenvalue weighted by Crippen LogP contribution is -2.35. The van der Waals surface area contributed by atoms with Crippen molar-refractivity contribution in [3.63, 3.8) is 0 Å². The van der Waals surface area contributed by atoms with E-state index in [4.69, 9.17) is 4.74 Å². The Morgan fingerprint density at radius 1 is 1.00 bits per heavy atom. The molecule has 0 spiro atoms. The van der Waals surface area contributed by atoms with Crippen molar-refractivity contribution in [2.75, 3.05) is 6.61 Å². The van der Waals surface area contributed by atoms with Crippen LogP contribution >= 0.6 is 0 Å². The first-order valence-corrected chi connectivity index (χ1v) is 8.65. The molecular weight excluding hydrogens is 317 g/mol. The molecule has 2 aromatic carbocycles. The van der Waals surface area contributed by atoms with Gasteiger partial charge in [-0.2, -0.15) is 0 Å². The van der Waals surface area contributed by atoms with Crippen molar-refractivity contribution >= 4 is 5.91 Å². The molecule has 0 aliphatic heterocycles. The minimum Gasteiger partial charge on any atom is -0.481 e. The smallest absolute Gasteiger partial charge is 0.258 e. The molecule has 0 heterocycles. The maximum atomic E-state index is 13.5. The molecule has 0 aliphatic carbocycles. The van der Waals surface area contributed by atoms with Crippen molar-refractivity contribution < 1.29 is 13.9 Å². The molecule has 2 aromatic rings. The van der Waals surface area contributed by atoms with Crippen LogP contribution in [0.5, 0.6) is 5.75 Å². The highest BCUT2D eigenvalue weighted by atomic mass is 19.1. The Labute approximate surface area is 149 Å². The molecule has 0 aromatic heterocycles. The number of carbonyl (C=O) groups is 1. The predicted octanol–water partition coefficient (Wildman–Crippen LogP) is 4.84. The fourth-order valence-electron chi connectivity index (χ4n) is 2.64. The molecule has 0 saturated heterocycles. The normalized spacial score (nSPS) is 12.3. The summed E-state index contributed by atoms with van der Waals surface area (Å²) in [5.41, 5.74) is 2.32. The molecule has 1 atom stereocenters. The van der Waals surface area contributed by atoms with E-state index in [1.807, 2.05) is 0 Å². The van der Waals surface area contributed by atoms with Crippen molar-refractivity contribution in [1.29, 1.82) is 0 Å². The summed E-state index contributed by atoms with van der Waals surface area (Å²) < 4.78 is 18.8. The highest BCUT2D eigenvalue weighted by molar-refractivity contribution is 5.78. The molecule has 4 heteroatoms. The number of hydrogen-bond donors (Lipinski definition) is 1.